The van der Waals surface area contributed by atoms with Gasteiger partial charge in [-0.05, 0) is 59.3 Å². The standard InChI is InChI=1S/C26H38N2O6/c1-18(2)27-15-11-13-26-19(22(30)28(21(26)23(27)31)14-8-6-9-16-29)20-24(32)33-17-10-5-4-7-12-25(20,3)34-26/h7,11-13,18-21,29H,4-6,8-10,14-17H2,1-3H3/b12-7-/t19-,20-,21?,25+,26-/m0/s1. The van der Waals surface area contributed by atoms with Gasteiger partial charge in [0.15, 0.2) is 0 Å². The Hall–Kier alpha value is -2.19. The van der Waals surface area contributed by atoms with Gasteiger partial charge in [-0.15, -0.1) is 0 Å². The molecule has 2 fully saturated rings. The number of carbonyl (C=O) groups is 3. The molecule has 1 spiro atoms. The van der Waals surface area contributed by atoms with Crippen molar-refractivity contribution in [3.63, 3.8) is 0 Å². The molecule has 4 heterocycles. The molecular formula is C26H38N2O6. The maximum Gasteiger partial charge on any atom is 0.313 e. The molecule has 8 heteroatoms. The van der Waals surface area contributed by atoms with E-state index in [1.807, 2.05) is 45.1 Å². The van der Waals surface area contributed by atoms with Crippen LogP contribution in [-0.2, 0) is 23.9 Å². The fraction of sp³-hybridized carbons (Fsp3) is 0.731. The lowest BCUT2D eigenvalue weighted by Gasteiger charge is -2.38. The number of rotatable bonds is 6. The number of carbonyl (C=O) groups excluding carboxylic acids is 3. The molecule has 1 unspecified atom stereocenters. The van der Waals surface area contributed by atoms with Crippen molar-refractivity contribution in [3.8, 4) is 0 Å². The van der Waals surface area contributed by atoms with Gasteiger partial charge < -0.3 is 24.4 Å². The molecule has 4 aliphatic heterocycles. The lowest BCUT2D eigenvalue weighted by Crippen LogP contribution is -2.57. The number of hydrogen-bond acceptors (Lipinski definition) is 6. The Morgan fingerprint density at radius 3 is 2.59 bits per heavy atom. The van der Waals surface area contributed by atoms with Crippen LogP contribution in [0.15, 0.2) is 24.3 Å². The second kappa shape index (κ2) is 9.82. The highest BCUT2D eigenvalue weighted by Crippen LogP contribution is 2.57. The SMILES string of the molecule is CC(C)N1CC=C[C@]23O[C@]4(C)/C=C\CCCCOC(=O)[C@@H]4[C@H]2C(=O)N(CCCCCO)C3C1=O. The van der Waals surface area contributed by atoms with Crippen LogP contribution in [0.5, 0.6) is 0 Å². The number of aliphatic hydroxyl groups excluding tert-OH is 1. The number of esters is 1. The number of amides is 2. The Bertz CT molecular complexity index is 869. The highest BCUT2D eigenvalue weighted by atomic mass is 16.6. The van der Waals surface area contributed by atoms with E-state index in [2.05, 4.69) is 0 Å². The van der Waals surface area contributed by atoms with Crippen molar-refractivity contribution in [2.45, 2.75) is 82.6 Å². The minimum atomic E-state index is -1.23. The van der Waals surface area contributed by atoms with E-state index < -0.39 is 35.0 Å². The number of aliphatic hydroxyl groups is 1. The third kappa shape index (κ3) is 4.09. The van der Waals surface area contributed by atoms with Gasteiger partial charge in [0, 0.05) is 25.7 Å². The summed E-state index contributed by atoms with van der Waals surface area (Å²) in [5.41, 5.74) is -2.28. The average molecular weight is 475 g/mol. The van der Waals surface area contributed by atoms with Crippen LogP contribution in [-0.4, -0.2) is 82.3 Å². The van der Waals surface area contributed by atoms with Crippen molar-refractivity contribution >= 4 is 17.8 Å². The van der Waals surface area contributed by atoms with E-state index in [-0.39, 0.29) is 24.5 Å². The Kier molecular flexibility index (Phi) is 7.20. The summed E-state index contributed by atoms with van der Waals surface area (Å²) in [7, 11) is 0. The Morgan fingerprint density at radius 1 is 1.06 bits per heavy atom. The zero-order chi connectivity index (χ0) is 24.5. The van der Waals surface area contributed by atoms with Crippen LogP contribution in [0, 0.1) is 11.8 Å². The molecule has 4 aliphatic rings. The fourth-order valence-corrected chi connectivity index (χ4v) is 6.09. The van der Waals surface area contributed by atoms with Crippen molar-refractivity contribution in [1.29, 1.82) is 0 Å². The van der Waals surface area contributed by atoms with Gasteiger partial charge in [0.1, 0.15) is 17.6 Å². The first-order valence-electron chi connectivity index (χ1n) is 12.7. The summed E-state index contributed by atoms with van der Waals surface area (Å²) in [6.45, 7) is 6.97. The third-order valence-corrected chi connectivity index (χ3v) is 7.71. The minimum absolute atomic E-state index is 0.0414. The molecular weight excluding hydrogens is 436 g/mol. The average Bonchev–Trinajstić information content (AvgIpc) is 3.10. The molecule has 5 atom stereocenters. The van der Waals surface area contributed by atoms with Gasteiger partial charge in [-0.3, -0.25) is 14.4 Å². The summed E-state index contributed by atoms with van der Waals surface area (Å²) in [6, 6.07) is -0.879. The number of hydrogen-bond donors (Lipinski definition) is 1. The third-order valence-electron chi connectivity index (χ3n) is 7.71. The van der Waals surface area contributed by atoms with Crippen LogP contribution in [0.3, 0.4) is 0 Å². The molecule has 0 aromatic rings. The smallest absolute Gasteiger partial charge is 0.313 e. The van der Waals surface area contributed by atoms with Crippen molar-refractivity contribution in [2.24, 2.45) is 11.8 Å². The van der Waals surface area contributed by atoms with Gasteiger partial charge in [-0.25, -0.2) is 0 Å². The Labute approximate surface area is 201 Å². The van der Waals surface area contributed by atoms with Gasteiger partial charge >= 0.3 is 5.97 Å². The van der Waals surface area contributed by atoms with E-state index in [1.165, 1.54) is 0 Å². The molecule has 4 rings (SSSR count). The molecule has 1 N–H and O–H groups in total. The van der Waals surface area contributed by atoms with Crippen molar-refractivity contribution < 1.29 is 29.0 Å². The summed E-state index contributed by atoms with van der Waals surface area (Å²) >= 11 is 0. The number of ether oxygens (including phenoxy) is 2. The van der Waals surface area contributed by atoms with Gasteiger partial charge in [-0.2, -0.15) is 0 Å². The van der Waals surface area contributed by atoms with E-state index >= 15 is 0 Å². The Morgan fingerprint density at radius 2 is 1.85 bits per heavy atom. The highest BCUT2D eigenvalue weighted by Gasteiger charge is 2.74. The second-order valence-electron chi connectivity index (χ2n) is 10.4. The van der Waals surface area contributed by atoms with E-state index in [0.717, 1.165) is 25.7 Å². The van der Waals surface area contributed by atoms with Crippen LogP contribution in [0.2, 0.25) is 0 Å². The predicted octanol–water partition coefficient (Wildman–Crippen LogP) is 2.21. The lowest BCUT2D eigenvalue weighted by molar-refractivity contribution is -0.160. The first-order valence-corrected chi connectivity index (χ1v) is 12.7. The zero-order valence-electron chi connectivity index (χ0n) is 20.6. The van der Waals surface area contributed by atoms with Crippen LogP contribution in [0.1, 0.15) is 59.3 Å². The Balaban J connectivity index is 1.79. The van der Waals surface area contributed by atoms with Crippen LogP contribution >= 0.6 is 0 Å². The first kappa shape index (κ1) is 24.9. The molecule has 188 valence electrons. The van der Waals surface area contributed by atoms with Crippen molar-refractivity contribution in [3.05, 3.63) is 24.3 Å². The van der Waals surface area contributed by atoms with Crippen molar-refractivity contribution in [1.82, 2.24) is 9.80 Å². The largest absolute Gasteiger partial charge is 0.465 e. The van der Waals surface area contributed by atoms with Crippen LogP contribution in [0.4, 0.5) is 0 Å². The summed E-state index contributed by atoms with van der Waals surface area (Å²) in [4.78, 5) is 44.7. The van der Waals surface area contributed by atoms with Gasteiger partial charge in [0.25, 0.3) is 0 Å². The predicted molar refractivity (Wildman–Crippen MR) is 126 cm³/mol. The summed E-state index contributed by atoms with van der Waals surface area (Å²) in [5, 5.41) is 9.15. The minimum Gasteiger partial charge on any atom is -0.465 e. The molecule has 0 saturated carbocycles. The molecule has 2 saturated heterocycles. The number of allylic oxidation sites excluding steroid dienone is 1. The normalized spacial score (nSPS) is 36.7. The monoisotopic (exact) mass is 474 g/mol. The lowest BCUT2D eigenvalue weighted by atomic mass is 9.74. The molecule has 34 heavy (non-hydrogen) atoms. The molecule has 0 aromatic carbocycles. The molecule has 0 bridgehead atoms. The number of fused-ring (bicyclic) bond motifs is 2. The fourth-order valence-electron chi connectivity index (χ4n) is 6.09. The number of likely N-dealkylation sites (tertiary alicyclic amines) is 1. The summed E-state index contributed by atoms with van der Waals surface area (Å²) in [6.07, 6.45) is 12.3. The summed E-state index contributed by atoms with van der Waals surface area (Å²) in [5.74, 6) is -2.47. The van der Waals surface area contributed by atoms with Gasteiger partial charge in [-0.1, -0.05) is 24.3 Å². The first-order chi connectivity index (χ1) is 16.3. The molecule has 0 aromatic heterocycles. The van der Waals surface area contributed by atoms with Gasteiger partial charge in [0.05, 0.1) is 18.1 Å². The number of unbranched alkanes of at least 4 members (excludes halogenated alkanes) is 2. The van der Waals surface area contributed by atoms with E-state index in [9.17, 15) is 14.4 Å². The molecule has 2 amide bonds. The quantitative estimate of drug-likeness (QED) is 0.360. The van der Waals surface area contributed by atoms with Crippen LogP contribution < -0.4 is 0 Å². The zero-order valence-corrected chi connectivity index (χ0v) is 20.6. The maximum absolute atomic E-state index is 14.0. The molecule has 0 radical (unpaired) electrons. The number of nitrogens with zero attached hydrogens (tertiary/aromatic N) is 2. The molecule has 8 nitrogen and oxygen atoms in total. The summed E-state index contributed by atoms with van der Waals surface area (Å²) < 4.78 is 12.4. The molecule has 0 aliphatic carbocycles. The van der Waals surface area contributed by atoms with Crippen LogP contribution in [0.25, 0.3) is 0 Å². The van der Waals surface area contributed by atoms with E-state index in [1.54, 1.807) is 9.80 Å². The number of cyclic esters (lactones) is 1. The van der Waals surface area contributed by atoms with E-state index in [0.29, 0.717) is 32.5 Å². The second-order valence-corrected chi connectivity index (χ2v) is 10.4. The van der Waals surface area contributed by atoms with E-state index in [4.69, 9.17) is 14.6 Å². The van der Waals surface area contributed by atoms with Crippen molar-refractivity contribution in [2.75, 3.05) is 26.3 Å². The maximum atomic E-state index is 14.0. The topological polar surface area (TPSA) is 96.4 Å². The highest BCUT2D eigenvalue weighted by molar-refractivity contribution is 5.99. The van der Waals surface area contributed by atoms with Gasteiger partial charge in [0.2, 0.25) is 11.8 Å².